The molecule has 4 amide bonds. The molecule has 0 bridgehead atoms. The molecule has 12 nitrogen and oxygen atoms in total. The highest BCUT2D eigenvalue weighted by molar-refractivity contribution is 7.08. The van der Waals surface area contributed by atoms with Gasteiger partial charge in [-0.25, -0.2) is 0 Å². The van der Waals surface area contributed by atoms with E-state index in [1.54, 1.807) is 50.4 Å². The molecular formula is C40H50N4O8S2. The molecule has 0 radical (unpaired) electrons. The first-order valence-corrected chi connectivity index (χ1v) is 19.6. The minimum absolute atomic E-state index is 0.154. The molecule has 2 aromatic carbocycles. The van der Waals surface area contributed by atoms with Crippen LogP contribution >= 0.6 is 22.7 Å². The van der Waals surface area contributed by atoms with E-state index in [2.05, 4.69) is 21.3 Å². The molecule has 0 fully saturated rings. The molecule has 6 atom stereocenters. The number of nitrogens with one attached hydrogen (secondary N) is 4. The standard InChI is InChI=1S/C40H50N4O8S2/c1-23(2)31(37(47)41-5)43-39(49)35(51-19-25-7-11-27(12-8-25)29-15-17-53-21-29)33(45)34(46)36(40(50)44-32(24(3)4)38(48)42-6)52-20-26-9-13-28(14-10-26)30-16-18-54-22-30/h7-18,21-24,31-36,45-46H,19-20H2,1-6H3,(H,41,47)(H,42,48)(H,43,49)(H,44,50)/t31-,32-,33-,34+,35-,36+/m0/s1. The van der Waals surface area contributed by atoms with Crippen molar-refractivity contribution < 1.29 is 38.9 Å². The lowest BCUT2D eigenvalue weighted by molar-refractivity contribution is -0.171. The number of ether oxygens (including phenoxy) is 2. The minimum Gasteiger partial charge on any atom is -0.387 e. The average molecular weight is 779 g/mol. The first kappa shape index (κ1) is 42.3. The normalized spacial score (nSPS) is 14.8. The first-order chi connectivity index (χ1) is 25.8. The van der Waals surface area contributed by atoms with Crippen molar-refractivity contribution in [2.45, 2.75) is 77.4 Å². The van der Waals surface area contributed by atoms with Crippen LogP contribution in [0.2, 0.25) is 0 Å². The molecule has 6 N–H and O–H groups in total. The second-order valence-corrected chi connectivity index (χ2v) is 15.1. The van der Waals surface area contributed by atoms with Gasteiger partial charge in [-0.1, -0.05) is 76.2 Å². The molecule has 290 valence electrons. The lowest BCUT2D eigenvalue weighted by atomic mass is 9.98. The molecule has 0 spiro atoms. The molecule has 0 aliphatic heterocycles. The molecule has 54 heavy (non-hydrogen) atoms. The Morgan fingerprint density at radius 3 is 1.19 bits per heavy atom. The van der Waals surface area contributed by atoms with Gasteiger partial charge in [0.05, 0.1) is 13.2 Å². The summed E-state index contributed by atoms with van der Waals surface area (Å²) >= 11 is 3.16. The van der Waals surface area contributed by atoms with Gasteiger partial charge in [0.2, 0.25) is 11.8 Å². The monoisotopic (exact) mass is 778 g/mol. The van der Waals surface area contributed by atoms with E-state index in [1.165, 1.54) is 14.1 Å². The van der Waals surface area contributed by atoms with Crippen LogP contribution in [0.15, 0.2) is 82.2 Å². The van der Waals surface area contributed by atoms with Gasteiger partial charge in [-0.2, -0.15) is 22.7 Å². The number of likely N-dealkylation sites (N-methyl/N-ethyl adjacent to an activating group) is 2. The van der Waals surface area contributed by atoms with Crippen molar-refractivity contribution in [3.8, 4) is 22.3 Å². The van der Waals surface area contributed by atoms with E-state index in [-0.39, 0.29) is 25.0 Å². The Morgan fingerprint density at radius 1 is 0.556 bits per heavy atom. The topological polar surface area (TPSA) is 175 Å². The van der Waals surface area contributed by atoms with Crippen molar-refractivity contribution in [1.29, 1.82) is 0 Å². The minimum atomic E-state index is -2.03. The molecule has 0 aliphatic rings. The number of rotatable bonds is 19. The van der Waals surface area contributed by atoms with Gasteiger partial charge in [0, 0.05) is 14.1 Å². The molecule has 2 heterocycles. The van der Waals surface area contributed by atoms with E-state index in [0.29, 0.717) is 11.1 Å². The van der Waals surface area contributed by atoms with Gasteiger partial charge in [-0.05, 0) is 78.9 Å². The number of amides is 4. The van der Waals surface area contributed by atoms with Crippen LogP contribution in [0.25, 0.3) is 22.3 Å². The van der Waals surface area contributed by atoms with Crippen LogP contribution in [-0.2, 0) is 41.9 Å². The summed E-state index contributed by atoms with van der Waals surface area (Å²) in [5, 5.41) is 41.8. The lowest BCUT2D eigenvalue weighted by Gasteiger charge is -2.32. The maximum Gasteiger partial charge on any atom is 0.252 e. The largest absolute Gasteiger partial charge is 0.387 e. The zero-order valence-corrected chi connectivity index (χ0v) is 32.9. The second-order valence-electron chi connectivity index (χ2n) is 13.6. The average Bonchev–Trinajstić information content (AvgIpc) is 3.92. The fourth-order valence-electron chi connectivity index (χ4n) is 5.68. The number of aliphatic hydroxyl groups excluding tert-OH is 2. The summed E-state index contributed by atoms with van der Waals surface area (Å²) in [5.74, 6) is -3.37. The smallest absolute Gasteiger partial charge is 0.252 e. The van der Waals surface area contributed by atoms with Gasteiger partial charge in [0.15, 0.2) is 12.2 Å². The molecular weight excluding hydrogens is 729 g/mol. The van der Waals surface area contributed by atoms with Crippen LogP contribution in [0.5, 0.6) is 0 Å². The number of thiophene rings is 2. The maximum atomic E-state index is 13.9. The lowest BCUT2D eigenvalue weighted by Crippen LogP contribution is -2.60. The molecule has 0 saturated heterocycles. The fourth-order valence-corrected chi connectivity index (χ4v) is 7.01. The van der Waals surface area contributed by atoms with E-state index >= 15 is 0 Å². The summed E-state index contributed by atoms with van der Waals surface area (Å²) < 4.78 is 12.0. The molecule has 0 aliphatic carbocycles. The Balaban J connectivity index is 1.62. The number of hydrogen-bond donors (Lipinski definition) is 6. The van der Waals surface area contributed by atoms with Crippen LogP contribution in [-0.4, -0.2) is 84.4 Å². The molecule has 4 rings (SSSR count). The fraction of sp³-hybridized carbons (Fsp3) is 0.400. The number of carbonyl (C=O) groups excluding carboxylic acids is 4. The highest BCUT2D eigenvalue weighted by Crippen LogP contribution is 2.25. The first-order valence-electron chi connectivity index (χ1n) is 17.7. The van der Waals surface area contributed by atoms with Crippen LogP contribution in [0.4, 0.5) is 0 Å². The van der Waals surface area contributed by atoms with Gasteiger partial charge < -0.3 is 41.0 Å². The SMILES string of the molecule is CNC(=O)[C@@H](NC(=O)[C@@H](OCc1ccc(-c2ccsc2)cc1)[C@@H](O)[C@@H](O)[C@@H](OCc1ccc(-c2ccsc2)cc1)C(=O)N[C@H](C(=O)NC)C(C)C)C(C)C. The molecule has 2 aromatic heterocycles. The zero-order valence-electron chi connectivity index (χ0n) is 31.3. The van der Waals surface area contributed by atoms with Crippen molar-refractivity contribution in [3.63, 3.8) is 0 Å². The van der Waals surface area contributed by atoms with E-state index in [4.69, 9.17) is 9.47 Å². The van der Waals surface area contributed by atoms with Gasteiger partial charge in [-0.15, -0.1) is 0 Å². The third-order valence-corrected chi connectivity index (χ3v) is 10.3. The van der Waals surface area contributed by atoms with Crippen LogP contribution in [0.3, 0.4) is 0 Å². The van der Waals surface area contributed by atoms with E-state index in [9.17, 15) is 29.4 Å². The third kappa shape index (κ3) is 11.3. The summed E-state index contributed by atoms with van der Waals surface area (Å²) in [6.45, 7) is 6.67. The van der Waals surface area contributed by atoms with Gasteiger partial charge in [0.1, 0.15) is 24.3 Å². The van der Waals surface area contributed by atoms with E-state index in [0.717, 1.165) is 22.3 Å². The van der Waals surface area contributed by atoms with E-state index in [1.807, 2.05) is 82.2 Å². The Labute approximate surface area is 324 Å². The van der Waals surface area contributed by atoms with Gasteiger partial charge in [0.25, 0.3) is 11.8 Å². The molecule has 0 saturated carbocycles. The zero-order chi connectivity index (χ0) is 39.4. The predicted molar refractivity (Wildman–Crippen MR) is 210 cm³/mol. The number of hydrogen-bond acceptors (Lipinski definition) is 10. The maximum absolute atomic E-state index is 13.9. The summed E-state index contributed by atoms with van der Waals surface area (Å²) in [6.07, 6.45) is -7.57. The number of aliphatic hydroxyl groups is 2. The van der Waals surface area contributed by atoms with Gasteiger partial charge >= 0.3 is 0 Å². The Bertz CT molecular complexity index is 1650. The van der Waals surface area contributed by atoms with Crippen molar-refractivity contribution >= 4 is 46.3 Å². The summed E-state index contributed by atoms with van der Waals surface area (Å²) in [7, 11) is 2.88. The summed E-state index contributed by atoms with van der Waals surface area (Å²) in [5.41, 5.74) is 5.41. The molecule has 14 heteroatoms. The summed E-state index contributed by atoms with van der Waals surface area (Å²) in [6, 6.07) is 16.9. The highest BCUT2D eigenvalue weighted by atomic mass is 32.1. The number of benzene rings is 2. The number of carbonyl (C=O) groups is 4. The van der Waals surface area contributed by atoms with Crippen molar-refractivity contribution in [2.75, 3.05) is 14.1 Å². The summed E-state index contributed by atoms with van der Waals surface area (Å²) in [4.78, 5) is 53.1. The Kier molecular flexibility index (Phi) is 15.9. The van der Waals surface area contributed by atoms with Crippen molar-refractivity contribution in [1.82, 2.24) is 21.3 Å². The van der Waals surface area contributed by atoms with Gasteiger partial charge in [-0.3, -0.25) is 19.2 Å². The molecule has 0 unspecified atom stereocenters. The molecule has 4 aromatic rings. The van der Waals surface area contributed by atoms with Crippen molar-refractivity contribution in [3.05, 3.63) is 93.3 Å². The van der Waals surface area contributed by atoms with Crippen LogP contribution < -0.4 is 21.3 Å². The Hall–Kier alpha value is -4.44. The quantitative estimate of drug-likeness (QED) is 0.0825. The van der Waals surface area contributed by atoms with Crippen LogP contribution in [0.1, 0.15) is 38.8 Å². The highest BCUT2D eigenvalue weighted by Gasteiger charge is 2.42. The van der Waals surface area contributed by atoms with Crippen molar-refractivity contribution in [2.24, 2.45) is 11.8 Å². The van der Waals surface area contributed by atoms with E-state index < -0.39 is 60.1 Å². The Morgan fingerprint density at radius 2 is 0.907 bits per heavy atom. The predicted octanol–water partition coefficient (Wildman–Crippen LogP) is 4.11. The second kappa shape index (κ2) is 20.3. The third-order valence-electron chi connectivity index (χ3n) is 8.95. The van der Waals surface area contributed by atoms with Crippen LogP contribution in [0, 0.1) is 11.8 Å².